The maximum Gasteiger partial charge on any atom is 0.534 e. The summed E-state index contributed by atoms with van der Waals surface area (Å²) in [5, 5.41) is 0.331. The molecule has 1 atom stereocenters. The van der Waals surface area contributed by atoms with Crippen molar-refractivity contribution in [3.63, 3.8) is 0 Å². The van der Waals surface area contributed by atoms with Gasteiger partial charge in [0.25, 0.3) is 5.56 Å². The fourth-order valence-corrected chi connectivity index (χ4v) is 3.34. The van der Waals surface area contributed by atoms with Gasteiger partial charge in [-0.1, -0.05) is 36.2 Å². The molecular formula is C14H13Cl2F3N2O4S. The van der Waals surface area contributed by atoms with E-state index in [-0.39, 0.29) is 21.8 Å². The van der Waals surface area contributed by atoms with Crippen molar-refractivity contribution in [3.05, 3.63) is 37.9 Å². The summed E-state index contributed by atoms with van der Waals surface area (Å²) in [5.41, 5.74) is -6.55. The topological polar surface area (TPSA) is 78.3 Å². The first-order valence-electron chi connectivity index (χ1n) is 7.15. The fourth-order valence-electron chi connectivity index (χ4n) is 2.34. The molecule has 0 spiro atoms. The Labute approximate surface area is 157 Å². The molecule has 0 saturated carbocycles. The van der Waals surface area contributed by atoms with Crippen molar-refractivity contribution in [3.8, 4) is 5.88 Å². The third-order valence-corrected chi connectivity index (χ3v) is 5.48. The van der Waals surface area contributed by atoms with Gasteiger partial charge < -0.3 is 4.18 Å². The SMILES string of the molecule is Cc1c(OS(=O)(=O)C(F)(F)F)nc(C)n(C2=C(Cl)C(Cl)=CCC2C)c1=O. The first-order chi connectivity index (χ1) is 11.8. The molecule has 1 heterocycles. The molecule has 6 nitrogen and oxygen atoms in total. The summed E-state index contributed by atoms with van der Waals surface area (Å²) in [5.74, 6) is -1.27. The van der Waals surface area contributed by atoms with E-state index in [4.69, 9.17) is 23.2 Å². The summed E-state index contributed by atoms with van der Waals surface area (Å²) >= 11 is 12.2. The number of hydrogen-bond acceptors (Lipinski definition) is 5. The van der Waals surface area contributed by atoms with Crippen LogP contribution in [0.4, 0.5) is 13.2 Å². The highest BCUT2D eigenvalue weighted by Crippen LogP contribution is 2.37. The van der Waals surface area contributed by atoms with Crippen LogP contribution in [0.3, 0.4) is 0 Å². The number of rotatable bonds is 3. The van der Waals surface area contributed by atoms with E-state index in [1.807, 2.05) is 0 Å². The molecule has 0 saturated heterocycles. The Hall–Kier alpha value is -1.52. The lowest BCUT2D eigenvalue weighted by Gasteiger charge is -2.24. The summed E-state index contributed by atoms with van der Waals surface area (Å²) in [6.07, 6.45) is 2.15. The number of nitrogens with zero attached hydrogens (tertiary/aromatic N) is 2. The lowest BCUT2D eigenvalue weighted by atomic mass is 9.98. The third kappa shape index (κ3) is 3.63. The van der Waals surface area contributed by atoms with Gasteiger partial charge in [0.15, 0.2) is 0 Å². The van der Waals surface area contributed by atoms with Gasteiger partial charge in [0.1, 0.15) is 5.82 Å². The van der Waals surface area contributed by atoms with Crippen LogP contribution in [-0.4, -0.2) is 23.5 Å². The molecule has 0 fully saturated rings. The minimum Gasteiger partial charge on any atom is -0.355 e. The second kappa shape index (κ2) is 6.90. The normalized spacial score (nSPS) is 18.8. The van der Waals surface area contributed by atoms with Crippen LogP contribution in [-0.2, 0) is 10.1 Å². The molecule has 0 aromatic carbocycles. The third-order valence-electron chi connectivity index (χ3n) is 3.70. The number of alkyl halides is 3. The summed E-state index contributed by atoms with van der Waals surface area (Å²) in [7, 11) is -5.95. The van der Waals surface area contributed by atoms with Crippen LogP contribution in [0.25, 0.3) is 5.70 Å². The predicted molar refractivity (Wildman–Crippen MR) is 90.4 cm³/mol. The molecule has 0 N–H and O–H groups in total. The van der Waals surface area contributed by atoms with Crippen molar-refractivity contribution in [2.45, 2.75) is 32.7 Å². The van der Waals surface area contributed by atoms with E-state index in [1.54, 1.807) is 13.0 Å². The van der Waals surface area contributed by atoms with Gasteiger partial charge in [0.05, 0.1) is 21.3 Å². The van der Waals surface area contributed by atoms with Crippen LogP contribution < -0.4 is 9.74 Å². The highest BCUT2D eigenvalue weighted by molar-refractivity contribution is 7.87. The van der Waals surface area contributed by atoms with Crippen LogP contribution in [0.1, 0.15) is 24.7 Å². The minimum atomic E-state index is -5.95. The predicted octanol–water partition coefficient (Wildman–Crippen LogP) is 3.66. The van der Waals surface area contributed by atoms with Crippen molar-refractivity contribution < 1.29 is 25.8 Å². The maximum absolute atomic E-state index is 12.7. The Kier molecular flexibility index (Phi) is 5.51. The van der Waals surface area contributed by atoms with Gasteiger partial charge in [0, 0.05) is 5.92 Å². The van der Waals surface area contributed by atoms with Crippen molar-refractivity contribution in [2.24, 2.45) is 5.92 Å². The Morgan fingerprint density at radius 2 is 1.88 bits per heavy atom. The molecular weight excluding hydrogens is 420 g/mol. The molecule has 1 unspecified atom stereocenters. The van der Waals surface area contributed by atoms with E-state index in [9.17, 15) is 26.4 Å². The number of halogens is 5. The smallest absolute Gasteiger partial charge is 0.355 e. The van der Waals surface area contributed by atoms with E-state index in [0.29, 0.717) is 12.1 Å². The van der Waals surface area contributed by atoms with Crippen molar-refractivity contribution in [1.29, 1.82) is 0 Å². The molecule has 0 radical (unpaired) electrons. The number of allylic oxidation sites excluding steroid dienone is 4. The number of hydrogen-bond donors (Lipinski definition) is 0. The summed E-state index contributed by atoms with van der Waals surface area (Å²) in [4.78, 5) is 16.4. The Morgan fingerprint density at radius 1 is 1.31 bits per heavy atom. The molecule has 0 aliphatic heterocycles. The lowest BCUT2D eigenvalue weighted by molar-refractivity contribution is -0.0501. The average Bonchev–Trinajstić information content (AvgIpc) is 2.50. The van der Waals surface area contributed by atoms with Gasteiger partial charge in [-0.15, -0.1) is 0 Å². The monoisotopic (exact) mass is 432 g/mol. The second-order valence-corrected chi connectivity index (χ2v) is 7.92. The first-order valence-corrected chi connectivity index (χ1v) is 9.31. The highest BCUT2D eigenvalue weighted by atomic mass is 35.5. The molecule has 1 aromatic rings. The zero-order valence-corrected chi connectivity index (χ0v) is 16.0. The number of aromatic nitrogens is 2. The molecule has 2 rings (SSSR count). The summed E-state index contributed by atoms with van der Waals surface area (Å²) in [6.45, 7) is 4.19. The average molecular weight is 433 g/mol. The quantitative estimate of drug-likeness (QED) is 0.537. The molecule has 1 aliphatic carbocycles. The van der Waals surface area contributed by atoms with E-state index < -0.39 is 32.6 Å². The van der Waals surface area contributed by atoms with Gasteiger partial charge in [-0.05, 0) is 20.3 Å². The lowest BCUT2D eigenvalue weighted by Crippen LogP contribution is -2.32. The van der Waals surface area contributed by atoms with Gasteiger partial charge in [0.2, 0.25) is 5.88 Å². The molecule has 1 aromatic heterocycles. The maximum atomic E-state index is 12.7. The van der Waals surface area contributed by atoms with Crippen molar-refractivity contribution >= 4 is 39.0 Å². The second-order valence-electron chi connectivity index (χ2n) is 5.60. The fraction of sp³-hybridized carbons (Fsp3) is 0.429. The van der Waals surface area contributed by atoms with E-state index in [1.165, 1.54) is 6.92 Å². The van der Waals surface area contributed by atoms with Crippen molar-refractivity contribution in [2.75, 3.05) is 0 Å². The Bertz CT molecular complexity index is 981. The van der Waals surface area contributed by atoms with Crippen LogP contribution >= 0.6 is 23.2 Å². The Morgan fingerprint density at radius 3 is 2.42 bits per heavy atom. The molecule has 0 bridgehead atoms. The van der Waals surface area contributed by atoms with Gasteiger partial charge in [-0.3, -0.25) is 9.36 Å². The largest absolute Gasteiger partial charge is 0.534 e. The van der Waals surface area contributed by atoms with E-state index in [2.05, 4.69) is 9.17 Å². The van der Waals surface area contributed by atoms with Gasteiger partial charge in [-0.2, -0.15) is 26.6 Å². The molecule has 1 aliphatic rings. The standard InChI is InChI=1S/C14H13Cl2F3N2O4S/c1-6-4-5-9(15)10(16)11(6)21-8(3)20-12(7(2)13(21)22)25-26(23,24)14(17,18)19/h5-6H,4H2,1-3H3. The Balaban J connectivity index is 2.66. The zero-order chi connectivity index (χ0) is 20.0. The first kappa shape index (κ1) is 20.8. The summed E-state index contributed by atoms with van der Waals surface area (Å²) in [6, 6.07) is 0. The van der Waals surface area contributed by atoms with Crippen LogP contribution in [0.5, 0.6) is 5.88 Å². The van der Waals surface area contributed by atoms with Gasteiger partial charge in [-0.25, -0.2) is 0 Å². The number of aryl methyl sites for hydroxylation is 1. The molecule has 12 heteroatoms. The van der Waals surface area contributed by atoms with Crippen LogP contribution in [0, 0.1) is 19.8 Å². The molecule has 144 valence electrons. The van der Waals surface area contributed by atoms with Crippen molar-refractivity contribution in [1.82, 2.24) is 9.55 Å². The highest BCUT2D eigenvalue weighted by Gasteiger charge is 2.49. The minimum absolute atomic E-state index is 0.0978. The molecule has 0 amide bonds. The van der Waals surface area contributed by atoms with Gasteiger partial charge >= 0.3 is 15.6 Å². The molecule has 26 heavy (non-hydrogen) atoms. The van der Waals surface area contributed by atoms with E-state index >= 15 is 0 Å². The summed E-state index contributed by atoms with van der Waals surface area (Å²) < 4.78 is 65.0. The van der Waals surface area contributed by atoms with E-state index in [0.717, 1.165) is 11.5 Å². The van der Waals surface area contributed by atoms with Crippen LogP contribution in [0.15, 0.2) is 20.9 Å². The van der Waals surface area contributed by atoms with Crippen LogP contribution in [0.2, 0.25) is 0 Å². The zero-order valence-electron chi connectivity index (χ0n) is 13.7.